The van der Waals surface area contributed by atoms with Crippen molar-refractivity contribution in [2.24, 2.45) is 0 Å². The van der Waals surface area contributed by atoms with E-state index in [0.29, 0.717) is 27.9 Å². The predicted molar refractivity (Wildman–Crippen MR) is 105 cm³/mol. The van der Waals surface area contributed by atoms with Gasteiger partial charge in [-0.2, -0.15) is 0 Å². The summed E-state index contributed by atoms with van der Waals surface area (Å²) < 4.78 is 5.60. The summed E-state index contributed by atoms with van der Waals surface area (Å²) >= 11 is 11.3. The SMILES string of the molecule is Cc1c(Cl)cccc1N1C(=O)/C(=C/c2ccc(N(C)C)o2)C(=O)NC1=S. The quantitative estimate of drug-likeness (QED) is 0.496. The van der Waals surface area contributed by atoms with Gasteiger partial charge in [-0.1, -0.05) is 17.7 Å². The lowest BCUT2D eigenvalue weighted by Crippen LogP contribution is -2.54. The molecule has 2 amide bonds. The van der Waals surface area contributed by atoms with Crippen LogP contribution in [0.2, 0.25) is 5.02 Å². The molecular weight excluding hydrogens is 374 g/mol. The van der Waals surface area contributed by atoms with Gasteiger partial charge in [-0.15, -0.1) is 0 Å². The van der Waals surface area contributed by atoms with Gasteiger partial charge in [0.25, 0.3) is 11.8 Å². The molecular formula is C18H16ClN3O3S. The fourth-order valence-electron chi connectivity index (χ4n) is 2.52. The summed E-state index contributed by atoms with van der Waals surface area (Å²) in [7, 11) is 3.66. The number of rotatable bonds is 3. The molecule has 1 fully saturated rings. The van der Waals surface area contributed by atoms with E-state index >= 15 is 0 Å². The summed E-state index contributed by atoms with van der Waals surface area (Å²) in [5.41, 5.74) is 1.14. The molecule has 1 aromatic carbocycles. The van der Waals surface area contributed by atoms with Crippen molar-refractivity contribution in [1.82, 2.24) is 5.32 Å². The van der Waals surface area contributed by atoms with Gasteiger partial charge in [-0.3, -0.25) is 19.8 Å². The lowest BCUT2D eigenvalue weighted by molar-refractivity contribution is -0.122. The van der Waals surface area contributed by atoms with E-state index in [-0.39, 0.29) is 10.7 Å². The van der Waals surface area contributed by atoms with Gasteiger partial charge in [0.2, 0.25) is 0 Å². The highest BCUT2D eigenvalue weighted by Gasteiger charge is 2.35. The number of amides is 2. The molecule has 1 N–H and O–H groups in total. The number of carbonyl (C=O) groups excluding carboxylic acids is 2. The van der Waals surface area contributed by atoms with Crippen molar-refractivity contribution in [3.63, 3.8) is 0 Å². The van der Waals surface area contributed by atoms with Crippen LogP contribution < -0.4 is 15.1 Å². The second-order valence-corrected chi connectivity index (χ2v) is 6.71. The summed E-state index contributed by atoms with van der Waals surface area (Å²) in [6, 6.07) is 8.60. The first kappa shape index (κ1) is 18.2. The Morgan fingerprint density at radius 3 is 2.62 bits per heavy atom. The van der Waals surface area contributed by atoms with Gasteiger partial charge in [0, 0.05) is 25.2 Å². The zero-order valence-corrected chi connectivity index (χ0v) is 15.9. The maximum absolute atomic E-state index is 13.0. The summed E-state index contributed by atoms with van der Waals surface area (Å²) in [5.74, 6) is -0.105. The van der Waals surface area contributed by atoms with E-state index in [4.69, 9.17) is 28.2 Å². The summed E-state index contributed by atoms with van der Waals surface area (Å²) in [4.78, 5) is 28.3. The van der Waals surface area contributed by atoms with Crippen molar-refractivity contribution in [3.8, 4) is 0 Å². The van der Waals surface area contributed by atoms with Crippen LogP contribution in [0.15, 0.2) is 40.3 Å². The van der Waals surface area contributed by atoms with Crippen LogP contribution in [-0.4, -0.2) is 31.0 Å². The first-order valence-electron chi connectivity index (χ1n) is 7.73. The summed E-state index contributed by atoms with van der Waals surface area (Å²) in [6.45, 7) is 1.78. The fraction of sp³-hybridized carbons (Fsp3) is 0.167. The Kier molecular flexibility index (Phi) is 4.84. The maximum Gasteiger partial charge on any atom is 0.270 e. The highest BCUT2D eigenvalue weighted by Crippen LogP contribution is 2.30. The van der Waals surface area contributed by atoms with Crippen LogP contribution in [0, 0.1) is 6.92 Å². The molecule has 0 atom stereocenters. The van der Waals surface area contributed by atoms with Crippen molar-refractivity contribution < 1.29 is 14.0 Å². The Morgan fingerprint density at radius 1 is 1.23 bits per heavy atom. The molecule has 134 valence electrons. The number of furan rings is 1. The van der Waals surface area contributed by atoms with Gasteiger partial charge in [0.1, 0.15) is 11.3 Å². The van der Waals surface area contributed by atoms with Crippen molar-refractivity contribution in [2.75, 3.05) is 23.9 Å². The van der Waals surface area contributed by atoms with Gasteiger partial charge < -0.3 is 9.32 Å². The van der Waals surface area contributed by atoms with Crippen molar-refractivity contribution in [2.45, 2.75) is 6.92 Å². The highest BCUT2D eigenvalue weighted by atomic mass is 35.5. The molecule has 0 saturated carbocycles. The number of hydrogen-bond acceptors (Lipinski definition) is 5. The van der Waals surface area contributed by atoms with Crippen LogP contribution in [-0.2, 0) is 9.59 Å². The molecule has 0 bridgehead atoms. The first-order chi connectivity index (χ1) is 12.3. The second-order valence-electron chi connectivity index (χ2n) is 5.91. The number of benzene rings is 1. The van der Waals surface area contributed by atoms with Crippen LogP contribution in [0.4, 0.5) is 11.6 Å². The van der Waals surface area contributed by atoms with E-state index in [1.54, 1.807) is 42.2 Å². The standard InChI is InChI=1S/C18H16ClN3O3S/c1-10-13(19)5-4-6-14(10)22-17(24)12(16(23)20-18(22)26)9-11-7-8-15(25-11)21(2)3/h4-9H,1-3H3,(H,20,23,26)/b12-9+. The fourth-order valence-corrected chi connectivity index (χ4v) is 2.96. The smallest absolute Gasteiger partial charge is 0.270 e. The average molecular weight is 390 g/mol. The number of anilines is 2. The first-order valence-corrected chi connectivity index (χ1v) is 8.52. The molecule has 8 heteroatoms. The van der Waals surface area contributed by atoms with E-state index in [9.17, 15) is 9.59 Å². The maximum atomic E-state index is 13.0. The van der Waals surface area contributed by atoms with Gasteiger partial charge in [0.05, 0.1) is 5.69 Å². The largest absolute Gasteiger partial charge is 0.441 e. The third kappa shape index (κ3) is 3.23. The van der Waals surface area contributed by atoms with Crippen molar-refractivity contribution >= 4 is 58.4 Å². The number of carbonyl (C=O) groups is 2. The second kappa shape index (κ2) is 6.93. The number of thiocarbonyl (C=S) groups is 1. The van der Waals surface area contributed by atoms with Gasteiger partial charge in [-0.25, -0.2) is 0 Å². The van der Waals surface area contributed by atoms with Crippen molar-refractivity contribution in [1.29, 1.82) is 0 Å². The molecule has 0 radical (unpaired) electrons. The van der Waals surface area contributed by atoms with Crippen LogP contribution in [0.3, 0.4) is 0 Å². The molecule has 2 aromatic rings. The topological polar surface area (TPSA) is 65.8 Å². The molecule has 1 aromatic heterocycles. The van der Waals surface area contributed by atoms with E-state index in [1.807, 2.05) is 14.1 Å². The summed E-state index contributed by atoms with van der Waals surface area (Å²) in [5, 5.41) is 3.05. The molecule has 1 saturated heterocycles. The van der Waals surface area contributed by atoms with E-state index in [2.05, 4.69) is 5.32 Å². The zero-order valence-electron chi connectivity index (χ0n) is 14.4. The normalized spacial score (nSPS) is 16.2. The Hall–Kier alpha value is -2.64. The van der Waals surface area contributed by atoms with Crippen molar-refractivity contribution in [3.05, 3.63) is 52.3 Å². The third-order valence-electron chi connectivity index (χ3n) is 3.92. The Morgan fingerprint density at radius 2 is 1.96 bits per heavy atom. The highest BCUT2D eigenvalue weighted by molar-refractivity contribution is 7.80. The Balaban J connectivity index is 2.02. The van der Waals surface area contributed by atoms with Gasteiger partial charge in [0.15, 0.2) is 11.0 Å². The summed E-state index contributed by atoms with van der Waals surface area (Å²) in [6.07, 6.45) is 1.40. The van der Waals surface area contributed by atoms with Crippen LogP contribution in [0.25, 0.3) is 6.08 Å². The average Bonchev–Trinajstić information content (AvgIpc) is 3.04. The monoisotopic (exact) mass is 389 g/mol. The van der Waals surface area contributed by atoms with Gasteiger partial charge in [-0.05, 0) is 49.0 Å². The molecule has 3 rings (SSSR count). The Bertz CT molecular complexity index is 949. The number of hydrogen-bond donors (Lipinski definition) is 1. The van der Waals surface area contributed by atoms with Gasteiger partial charge >= 0.3 is 0 Å². The van der Waals surface area contributed by atoms with E-state index < -0.39 is 11.8 Å². The minimum atomic E-state index is -0.571. The van der Waals surface area contributed by atoms with E-state index in [1.165, 1.54) is 11.0 Å². The lowest BCUT2D eigenvalue weighted by Gasteiger charge is -2.30. The number of halogens is 1. The molecule has 1 aliphatic rings. The number of nitrogens with one attached hydrogen (secondary N) is 1. The zero-order chi connectivity index (χ0) is 19.0. The molecule has 0 unspecified atom stereocenters. The number of nitrogens with zero attached hydrogens (tertiary/aromatic N) is 2. The van der Waals surface area contributed by atoms with Crippen LogP contribution in [0.1, 0.15) is 11.3 Å². The molecule has 6 nitrogen and oxygen atoms in total. The molecule has 0 spiro atoms. The van der Waals surface area contributed by atoms with Crippen LogP contribution in [0.5, 0.6) is 0 Å². The Labute approximate surface area is 161 Å². The predicted octanol–water partition coefficient (Wildman–Crippen LogP) is 3.14. The lowest BCUT2D eigenvalue weighted by atomic mass is 10.1. The molecule has 26 heavy (non-hydrogen) atoms. The molecule has 1 aliphatic heterocycles. The van der Waals surface area contributed by atoms with E-state index in [0.717, 1.165) is 0 Å². The minimum Gasteiger partial charge on any atom is -0.441 e. The molecule has 0 aliphatic carbocycles. The minimum absolute atomic E-state index is 0.0101. The van der Waals surface area contributed by atoms with Crippen LogP contribution >= 0.6 is 23.8 Å². The third-order valence-corrected chi connectivity index (χ3v) is 4.62. The molecule has 2 heterocycles.